The highest BCUT2D eigenvalue weighted by Gasteiger charge is 2.20. The van der Waals surface area contributed by atoms with Crippen LogP contribution in [-0.2, 0) is 0 Å². The minimum Gasteiger partial charge on any atom is -0.305 e. The van der Waals surface area contributed by atoms with Crippen molar-refractivity contribution in [1.29, 1.82) is 0 Å². The zero-order valence-corrected chi connectivity index (χ0v) is 13.1. The molecule has 0 aliphatic carbocycles. The van der Waals surface area contributed by atoms with Crippen molar-refractivity contribution in [2.75, 3.05) is 5.32 Å². The van der Waals surface area contributed by atoms with Gasteiger partial charge in [-0.1, -0.05) is 46.4 Å². The van der Waals surface area contributed by atoms with Gasteiger partial charge in [0.25, 0.3) is 5.91 Å². The number of nitrogens with zero attached hydrogens (tertiary/aromatic N) is 2. The van der Waals surface area contributed by atoms with Gasteiger partial charge in [-0.05, 0) is 24.6 Å². The van der Waals surface area contributed by atoms with Crippen LogP contribution in [0.4, 0.5) is 5.82 Å². The molecule has 0 fully saturated rings. The van der Waals surface area contributed by atoms with E-state index < -0.39 is 5.91 Å². The van der Waals surface area contributed by atoms with Crippen LogP contribution in [0.1, 0.15) is 16.1 Å². The molecule has 1 amide bonds. The molecule has 0 atom stereocenters. The molecule has 1 N–H and O–H groups in total. The Balaban J connectivity index is 2.35. The molecule has 20 heavy (non-hydrogen) atoms. The largest absolute Gasteiger partial charge is 0.305 e. The fraction of sp³-hybridized carbons (Fsp3) is 0.0833. The smallest absolute Gasteiger partial charge is 0.277 e. The van der Waals surface area contributed by atoms with Crippen molar-refractivity contribution in [2.24, 2.45) is 0 Å². The highest BCUT2D eigenvalue weighted by molar-refractivity contribution is 6.52. The number of aryl methyl sites for hydroxylation is 1. The van der Waals surface area contributed by atoms with Crippen molar-refractivity contribution in [1.82, 2.24) is 9.97 Å². The van der Waals surface area contributed by atoms with Crippen LogP contribution in [-0.4, -0.2) is 15.9 Å². The van der Waals surface area contributed by atoms with Crippen LogP contribution in [0, 0.1) is 6.92 Å². The summed E-state index contributed by atoms with van der Waals surface area (Å²) < 4.78 is 0. The molecule has 2 aromatic rings. The van der Waals surface area contributed by atoms with Gasteiger partial charge in [-0.3, -0.25) is 4.79 Å². The Morgan fingerprint density at radius 3 is 2.50 bits per heavy atom. The number of halogens is 4. The number of carbonyl (C=O) groups excluding carboxylic acids is 1. The molecule has 0 aromatic carbocycles. The molecule has 4 nitrogen and oxygen atoms in total. The maximum absolute atomic E-state index is 12.1. The Bertz CT molecular complexity index is 691. The lowest BCUT2D eigenvalue weighted by Crippen LogP contribution is -2.15. The predicted molar refractivity (Wildman–Crippen MR) is 81.2 cm³/mol. The van der Waals surface area contributed by atoms with Gasteiger partial charge in [-0.15, -0.1) is 0 Å². The van der Waals surface area contributed by atoms with Crippen molar-refractivity contribution in [2.45, 2.75) is 6.92 Å². The Morgan fingerprint density at radius 1 is 1.15 bits per heavy atom. The van der Waals surface area contributed by atoms with Gasteiger partial charge < -0.3 is 5.32 Å². The SMILES string of the molecule is Cc1ccnc(NC(=O)c2nc(Cl)c(Cl)c(Cl)c2Cl)c1. The van der Waals surface area contributed by atoms with E-state index >= 15 is 0 Å². The Kier molecular flexibility index (Phi) is 4.70. The average Bonchev–Trinajstić information content (AvgIpc) is 2.40. The van der Waals surface area contributed by atoms with Gasteiger partial charge in [-0.2, -0.15) is 0 Å². The average molecular weight is 351 g/mol. The molecule has 0 bridgehead atoms. The molecule has 0 saturated carbocycles. The molecule has 2 rings (SSSR count). The molecule has 0 spiro atoms. The quantitative estimate of drug-likeness (QED) is 0.802. The zero-order valence-electron chi connectivity index (χ0n) is 10.0. The van der Waals surface area contributed by atoms with Gasteiger partial charge in [0.2, 0.25) is 0 Å². The van der Waals surface area contributed by atoms with E-state index in [0.717, 1.165) is 5.56 Å². The first-order valence-electron chi connectivity index (χ1n) is 5.34. The maximum Gasteiger partial charge on any atom is 0.277 e. The van der Waals surface area contributed by atoms with Crippen molar-refractivity contribution in [3.8, 4) is 0 Å². The summed E-state index contributed by atoms with van der Waals surface area (Å²) in [5.74, 6) is -0.205. The Hall–Kier alpha value is -1.07. The molecule has 0 radical (unpaired) electrons. The molecule has 0 saturated heterocycles. The van der Waals surface area contributed by atoms with E-state index in [9.17, 15) is 4.79 Å². The monoisotopic (exact) mass is 349 g/mol. The molecule has 8 heteroatoms. The lowest BCUT2D eigenvalue weighted by Gasteiger charge is -2.08. The van der Waals surface area contributed by atoms with E-state index in [1.807, 2.05) is 6.92 Å². The van der Waals surface area contributed by atoms with Gasteiger partial charge >= 0.3 is 0 Å². The van der Waals surface area contributed by atoms with Crippen LogP contribution in [0.25, 0.3) is 0 Å². The molecule has 2 heterocycles. The first-order valence-corrected chi connectivity index (χ1v) is 6.85. The van der Waals surface area contributed by atoms with Crippen molar-refractivity contribution >= 4 is 58.1 Å². The summed E-state index contributed by atoms with van der Waals surface area (Å²) >= 11 is 23.4. The molecule has 0 aliphatic rings. The summed E-state index contributed by atoms with van der Waals surface area (Å²) in [6.07, 6.45) is 1.57. The van der Waals surface area contributed by atoms with E-state index in [0.29, 0.717) is 5.82 Å². The first kappa shape index (κ1) is 15.3. The molecule has 2 aromatic heterocycles. The highest BCUT2D eigenvalue weighted by Crippen LogP contribution is 2.36. The lowest BCUT2D eigenvalue weighted by atomic mass is 10.3. The summed E-state index contributed by atoms with van der Waals surface area (Å²) in [5, 5.41) is 2.38. The second-order valence-corrected chi connectivity index (χ2v) is 5.36. The first-order chi connectivity index (χ1) is 9.40. The number of anilines is 1. The number of amides is 1. The Labute approximate surface area is 135 Å². The maximum atomic E-state index is 12.1. The summed E-state index contributed by atoms with van der Waals surface area (Å²) in [6, 6.07) is 3.50. The molecule has 104 valence electrons. The van der Waals surface area contributed by atoms with Gasteiger partial charge in [0.05, 0.1) is 15.1 Å². The van der Waals surface area contributed by atoms with Gasteiger partial charge in [0, 0.05) is 6.20 Å². The highest BCUT2D eigenvalue weighted by atomic mass is 35.5. The topological polar surface area (TPSA) is 54.9 Å². The van der Waals surface area contributed by atoms with Crippen LogP contribution in [0.15, 0.2) is 18.3 Å². The van der Waals surface area contributed by atoms with E-state index in [1.54, 1.807) is 18.3 Å². The second-order valence-electron chi connectivity index (χ2n) is 3.87. The summed E-state index contributed by atoms with van der Waals surface area (Å²) in [6.45, 7) is 1.87. The van der Waals surface area contributed by atoms with Crippen LogP contribution in [0.3, 0.4) is 0 Å². The second kappa shape index (κ2) is 6.14. The standard InChI is InChI=1S/C12H7Cl4N3O/c1-5-2-3-17-6(4-5)18-12(20)10-8(14)7(13)9(15)11(16)19-10/h2-4H,1H3,(H,17,18,20). The van der Waals surface area contributed by atoms with E-state index in [1.165, 1.54) is 0 Å². The number of hydrogen-bond acceptors (Lipinski definition) is 3. The molecule has 0 unspecified atom stereocenters. The normalized spacial score (nSPS) is 10.4. The predicted octanol–water partition coefficient (Wildman–Crippen LogP) is 4.65. The number of pyridine rings is 2. The van der Waals surface area contributed by atoms with Gasteiger partial charge in [0.1, 0.15) is 11.0 Å². The Morgan fingerprint density at radius 2 is 1.85 bits per heavy atom. The minimum absolute atomic E-state index is 0.00330. The van der Waals surface area contributed by atoms with Crippen molar-refractivity contribution < 1.29 is 4.79 Å². The van der Waals surface area contributed by atoms with Crippen molar-refractivity contribution in [3.05, 3.63) is 49.8 Å². The molecule has 0 aliphatic heterocycles. The van der Waals surface area contributed by atoms with Crippen LogP contribution >= 0.6 is 46.4 Å². The van der Waals surface area contributed by atoms with E-state index in [4.69, 9.17) is 46.4 Å². The summed E-state index contributed by atoms with van der Waals surface area (Å²) in [7, 11) is 0. The van der Waals surface area contributed by atoms with Crippen LogP contribution in [0.2, 0.25) is 20.2 Å². The van der Waals surface area contributed by atoms with Crippen molar-refractivity contribution in [3.63, 3.8) is 0 Å². The number of carbonyl (C=O) groups is 1. The lowest BCUT2D eigenvalue weighted by molar-refractivity contribution is 0.102. The third-order valence-electron chi connectivity index (χ3n) is 2.36. The number of rotatable bonds is 2. The summed E-state index contributed by atoms with van der Waals surface area (Å²) in [4.78, 5) is 19.9. The zero-order chi connectivity index (χ0) is 14.9. The number of nitrogens with one attached hydrogen (secondary N) is 1. The fourth-order valence-corrected chi connectivity index (χ4v) is 2.23. The van der Waals surface area contributed by atoms with E-state index in [-0.39, 0.29) is 25.9 Å². The van der Waals surface area contributed by atoms with Crippen LogP contribution < -0.4 is 5.32 Å². The van der Waals surface area contributed by atoms with Gasteiger partial charge in [-0.25, -0.2) is 9.97 Å². The van der Waals surface area contributed by atoms with E-state index in [2.05, 4.69) is 15.3 Å². The number of aromatic nitrogens is 2. The molecular formula is C12H7Cl4N3O. The van der Waals surface area contributed by atoms with Gasteiger partial charge in [0.15, 0.2) is 5.69 Å². The summed E-state index contributed by atoms with van der Waals surface area (Å²) in [5.41, 5.74) is 0.830. The molecular weight excluding hydrogens is 344 g/mol. The number of hydrogen-bond donors (Lipinski definition) is 1. The third kappa shape index (κ3) is 3.15. The van der Waals surface area contributed by atoms with Crippen LogP contribution in [0.5, 0.6) is 0 Å². The minimum atomic E-state index is -0.575. The fourth-order valence-electron chi connectivity index (χ4n) is 1.42. The third-order valence-corrected chi connectivity index (χ3v) is 4.03.